The summed E-state index contributed by atoms with van der Waals surface area (Å²) in [5, 5.41) is 2.25. The molecule has 0 spiro atoms. The van der Waals surface area contributed by atoms with Gasteiger partial charge in [-0.1, -0.05) is 158 Å². The van der Waals surface area contributed by atoms with E-state index in [2.05, 4.69) is 171 Å². The van der Waals surface area contributed by atoms with Crippen molar-refractivity contribution in [2.75, 3.05) is 6.26 Å². The Morgan fingerprint density at radius 3 is 1.47 bits per heavy atom. The van der Waals surface area contributed by atoms with Crippen molar-refractivity contribution in [1.29, 1.82) is 0 Å². The molecule has 2 nitrogen and oxygen atoms in total. The van der Waals surface area contributed by atoms with Crippen LogP contribution in [0.1, 0.15) is 64.9 Å². The van der Waals surface area contributed by atoms with Crippen molar-refractivity contribution in [3.05, 3.63) is 185 Å². The van der Waals surface area contributed by atoms with Gasteiger partial charge in [0.25, 0.3) is 0 Å². The second-order valence-electron chi connectivity index (χ2n) is 10.7. The largest absolute Gasteiger partial charge is 0.284 e. The standard InChI is InChI=1S/C38H35NOS.C2H6/c1-28-14-18-32(19-15-28)38(33-20-16-29(2)17-21-33,34-22-24-35(41-3)25-23-34)39-36(30-10-6-4-7-11-30)26-27-37(40-39)31-12-8-5-9-13-31;1-2/h4-27,36-37H,1-3H3;1-2H3. The maximum Gasteiger partial charge on any atom is 0.123 e. The van der Waals surface area contributed by atoms with Crippen molar-refractivity contribution in [2.45, 2.75) is 50.3 Å². The Hall–Kier alpha value is -3.89. The number of hydroxylamine groups is 2. The third-order valence-electron chi connectivity index (χ3n) is 7.99. The van der Waals surface area contributed by atoms with Crippen molar-refractivity contribution in [3.8, 4) is 0 Å². The van der Waals surface area contributed by atoms with Gasteiger partial charge in [-0.05, 0) is 60.1 Å². The van der Waals surface area contributed by atoms with Crippen LogP contribution in [0.4, 0.5) is 0 Å². The summed E-state index contributed by atoms with van der Waals surface area (Å²) in [6.45, 7) is 8.28. The summed E-state index contributed by atoms with van der Waals surface area (Å²) in [6.07, 6.45) is 6.41. The molecular formula is C40H41NOS. The highest BCUT2D eigenvalue weighted by atomic mass is 32.2. The van der Waals surface area contributed by atoms with Gasteiger partial charge < -0.3 is 0 Å². The fourth-order valence-corrected chi connectivity index (χ4v) is 6.22. The predicted molar refractivity (Wildman–Crippen MR) is 182 cm³/mol. The quantitative estimate of drug-likeness (QED) is 0.107. The zero-order chi connectivity index (χ0) is 30.2. The molecule has 6 rings (SSSR count). The van der Waals surface area contributed by atoms with Gasteiger partial charge in [-0.2, -0.15) is 5.06 Å². The highest BCUT2D eigenvalue weighted by Crippen LogP contribution is 2.50. The molecule has 2 atom stereocenters. The van der Waals surface area contributed by atoms with Crippen molar-refractivity contribution in [2.24, 2.45) is 0 Å². The van der Waals surface area contributed by atoms with Gasteiger partial charge in [0.2, 0.25) is 0 Å². The van der Waals surface area contributed by atoms with Gasteiger partial charge in [-0.25, -0.2) is 0 Å². The smallest absolute Gasteiger partial charge is 0.123 e. The number of nitrogens with zero attached hydrogens (tertiary/aromatic N) is 1. The van der Waals surface area contributed by atoms with Gasteiger partial charge in [0.05, 0.1) is 6.04 Å². The first-order chi connectivity index (χ1) is 21.1. The Morgan fingerprint density at radius 2 is 1.00 bits per heavy atom. The lowest BCUT2D eigenvalue weighted by Crippen LogP contribution is -2.51. The average Bonchev–Trinajstić information content (AvgIpc) is 3.08. The molecule has 0 amide bonds. The van der Waals surface area contributed by atoms with Crippen LogP contribution in [0, 0.1) is 13.8 Å². The normalized spacial score (nSPS) is 16.8. The number of rotatable bonds is 7. The number of thioether (sulfide) groups is 1. The molecule has 0 saturated heterocycles. The van der Waals surface area contributed by atoms with Crippen LogP contribution in [0.15, 0.2) is 151 Å². The zero-order valence-electron chi connectivity index (χ0n) is 25.8. The molecule has 5 aromatic rings. The van der Waals surface area contributed by atoms with Crippen LogP contribution in [0.25, 0.3) is 0 Å². The summed E-state index contributed by atoms with van der Waals surface area (Å²) in [4.78, 5) is 8.46. The van der Waals surface area contributed by atoms with Gasteiger partial charge in [0.1, 0.15) is 11.6 Å². The van der Waals surface area contributed by atoms with Crippen molar-refractivity contribution >= 4 is 11.8 Å². The van der Waals surface area contributed by atoms with E-state index in [1.54, 1.807) is 11.8 Å². The first-order valence-electron chi connectivity index (χ1n) is 15.1. The summed E-state index contributed by atoms with van der Waals surface area (Å²) in [7, 11) is 0. The van der Waals surface area contributed by atoms with E-state index in [1.807, 2.05) is 13.8 Å². The second kappa shape index (κ2) is 14.1. The monoisotopic (exact) mass is 583 g/mol. The topological polar surface area (TPSA) is 12.5 Å². The van der Waals surface area contributed by atoms with E-state index >= 15 is 0 Å². The van der Waals surface area contributed by atoms with Gasteiger partial charge >= 0.3 is 0 Å². The van der Waals surface area contributed by atoms with Crippen LogP contribution in [-0.2, 0) is 10.4 Å². The van der Waals surface area contributed by atoms with Crippen LogP contribution in [-0.4, -0.2) is 11.3 Å². The van der Waals surface area contributed by atoms with Crippen LogP contribution >= 0.6 is 11.8 Å². The Bertz CT molecular complexity index is 1550. The van der Waals surface area contributed by atoms with Crippen LogP contribution in [0.2, 0.25) is 0 Å². The fourth-order valence-electron chi connectivity index (χ4n) is 5.81. The van der Waals surface area contributed by atoms with Crippen LogP contribution < -0.4 is 0 Å². The third kappa shape index (κ3) is 6.26. The van der Waals surface area contributed by atoms with E-state index < -0.39 is 5.54 Å². The van der Waals surface area contributed by atoms with Crippen molar-refractivity contribution in [1.82, 2.24) is 5.06 Å². The third-order valence-corrected chi connectivity index (χ3v) is 8.74. The van der Waals surface area contributed by atoms with Gasteiger partial charge in [0.15, 0.2) is 0 Å². The molecule has 0 aromatic heterocycles. The molecule has 1 aliphatic rings. The molecule has 0 saturated carbocycles. The molecule has 1 heterocycles. The minimum absolute atomic E-state index is 0.126. The van der Waals surface area contributed by atoms with E-state index in [4.69, 9.17) is 4.84 Å². The van der Waals surface area contributed by atoms with Crippen LogP contribution in [0.5, 0.6) is 0 Å². The Morgan fingerprint density at radius 1 is 0.558 bits per heavy atom. The first-order valence-corrected chi connectivity index (χ1v) is 16.4. The Labute approximate surface area is 262 Å². The highest BCUT2D eigenvalue weighted by molar-refractivity contribution is 7.98. The predicted octanol–water partition coefficient (Wildman–Crippen LogP) is 10.6. The Kier molecular flexibility index (Phi) is 9.99. The molecule has 0 fully saturated rings. The molecule has 3 heteroatoms. The lowest BCUT2D eigenvalue weighted by Gasteiger charge is -2.50. The molecule has 43 heavy (non-hydrogen) atoms. The van der Waals surface area contributed by atoms with Gasteiger partial charge in [-0.3, -0.25) is 4.84 Å². The van der Waals surface area contributed by atoms with E-state index in [1.165, 1.54) is 21.6 Å². The molecule has 0 radical (unpaired) electrons. The lowest BCUT2D eigenvalue weighted by atomic mass is 9.75. The van der Waals surface area contributed by atoms with E-state index in [0.29, 0.717) is 0 Å². The molecule has 0 aliphatic carbocycles. The first kappa shape index (κ1) is 30.6. The van der Waals surface area contributed by atoms with E-state index in [-0.39, 0.29) is 12.1 Å². The number of hydrogen-bond acceptors (Lipinski definition) is 3. The molecule has 1 aliphatic heterocycles. The van der Waals surface area contributed by atoms with Crippen LogP contribution in [0.3, 0.4) is 0 Å². The van der Waals surface area contributed by atoms with E-state index in [0.717, 1.165) is 22.3 Å². The summed E-state index contributed by atoms with van der Waals surface area (Å²) >= 11 is 1.76. The molecule has 5 aromatic carbocycles. The van der Waals surface area contributed by atoms with Gasteiger partial charge in [0, 0.05) is 4.90 Å². The average molecular weight is 584 g/mol. The lowest BCUT2D eigenvalue weighted by molar-refractivity contribution is -0.253. The number of hydrogen-bond donors (Lipinski definition) is 0. The van der Waals surface area contributed by atoms with Crippen molar-refractivity contribution < 1.29 is 4.84 Å². The molecule has 0 N–H and O–H groups in total. The fraction of sp³-hybridized carbons (Fsp3) is 0.200. The number of aryl methyl sites for hydroxylation is 2. The minimum Gasteiger partial charge on any atom is -0.284 e. The summed E-state index contributed by atoms with van der Waals surface area (Å²) in [5.74, 6) is 0. The second-order valence-corrected chi connectivity index (χ2v) is 11.6. The van der Waals surface area contributed by atoms with E-state index in [9.17, 15) is 0 Å². The highest BCUT2D eigenvalue weighted by Gasteiger charge is 2.48. The van der Waals surface area contributed by atoms with Gasteiger partial charge in [-0.15, -0.1) is 11.8 Å². The molecule has 2 unspecified atom stereocenters. The van der Waals surface area contributed by atoms with Crippen molar-refractivity contribution in [3.63, 3.8) is 0 Å². The summed E-state index contributed by atoms with van der Waals surface area (Å²) in [6, 6.07) is 47.9. The minimum atomic E-state index is -0.739. The maximum absolute atomic E-state index is 7.23. The molecular weight excluding hydrogens is 543 g/mol. The summed E-state index contributed by atoms with van der Waals surface area (Å²) in [5.41, 5.74) is 7.50. The summed E-state index contributed by atoms with van der Waals surface area (Å²) < 4.78 is 0. The zero-order valence-corrected chi connectivity index (χ0v) is 26.6. The Balaban J connectivity index is 0.00000180. The molecule has 218 valence electrons. The number of benzene rings is 5. The SMILES string of the molecule is CC.CSc1ccc(C(c2ccc(C)cc2)(c2ccc(C)cc2)N2OC(c3ccccc3)C=CC2c2ccccc2)cc1. The molecule has 0 bridgehead atoms. The maximum atomic E-state index is 7.23.